The van der Waals surface area contributed by atoms with E-state index >= 15 is 0 Å². The number of nitriles is 1. The SMILES string of the molecule is N#Cc1ccc(F)c(CCl)c1S(=O)(=O)Cl. The highest BCUT2D eigenvalue weighted by Crippen LogP contribution is 2.27. The van der Waals surface area contributed by atoms with E-state index < -0.39 is 19.8 Å². The maximum atomic E-state index is 13.2. The molecule has 0 spiro atoms. The minimum Gasteiger partial charge on any atom is -0.207 e. The van der Waals surface area contributed by atoms with Crippen molar-refractivity contribution in [1.82, 2.24) is 0 Å². The Labute approximate surface area is 95.5 Å². The topological polar surface area (TPSA) is 57.9 Å². The van der Waals surface area contributed by atoms with Gasteiger partial charge in [-0.15, -0.1) is 11.6 Å². The first-order valence-corrected chi connectivity index (χ1v) is 6.48. The van der Waals surface area contributed by atoms with Gasteiger partial charge in [0.2, 0.25) is 0 Å². The Kier molecular flexibility index (Phi) is 3.55. The monoisotopic (exact) mass is 267 g/mol. The third-order valence-electron chi connectivity index (χ3n) is 1.70. The first kappa shape index (κ1) is 12.2. The van der Waals surface area contributed by atoms with E-state index in [0.29, 0.717) is 0 Å². The summed E-state index contributed by atoms with van der Waals surface area (Å²) >= 11 is 5.40. The predicted molar refractivity (Wildman–Crippen MR) is 53.7 cm³/mol. The van der Waals surface area contributed by atoms with Crippen LogP contribution in [0.4, 0.5) is 4.39 Å². The van der Waals surface area contributed by atoms with E-state index in [1.54, 1.807) is 6.07 Å². The smallest absolute Gasteiger partial charge is 0.207 e. The van der Waals surface area contributed by atoms with Crippen molar-refractivity contribution < 1.29 is 12.8 Å². The van der Waals surface area contributed by atoms with Crippen molar-refractivity contribution in [3.05, 3.63) is 29.1 Å². The molecule has 0 bridgehead atoms. The lowest BCUT2D eigenvalue weighted by Gasteiger charge is -2.06. The van der Waals surface area contributed by atoms with Crippen LogP contribution in [0.5, 0.6) is 0 Å². The van der Waals surface area contributed by atoms with E-state index in [9.17, 15) is 12.8 Å². The third kappa shape index (κ3) is 2.40. The minimum atomic E-state index is -4.19. The van der Waals surface area contributed by atoms with Gasteiger partial charge in [0.1, 0.15) is 16.8 Å². The van der Waals surface area contributed by atoms with Gasteiger partial charge in [0, 0.05) is 16.2 Å². The van der Waals surface area contributed by atoms with Gasteiger partial charge in [0.25, 0.3) is 9.05 Å². The highest BCUT2D eigenvalue weighted by Gasteiger charge is 2.23. The van der Waals surface area contributed by atoms with Gasteiger partial charge in [-0.2, -0.15) is 5.26 Å². The van der Waals surface area contributed by atoms with Crippen molar-refractivity contribution in [3.8, 4) is 6.07 Å². The molecule has 0 heterocycles. The summed E-state index contributed by atoms with van der Waals surface area (Å²) in [7, 11) is 0.909. The molecule has 0 N–H and O–H groups in total. The molecule has 0 atom stereocenters. The van der Waals surface area contributed by atoms with Crippen LogP contribution in [-0.4, -0.2) is 8.42 Å². The minimum absolute atomic E-state index is 0.220. The number of halogens is 3. The number of rotatable bonds is 2. The zero-order valence-electron chi connectivity index (χ0n) is 7.17. The summed E-state index contributed by atoms with van der Waals surface area (Å²) in [5.41, 5.74) is -0.507. The van der Waals surface area contributed by atoms with Gasteiger partial charge >= 0.3 is 0 Å². The molecule has 1 aromatic rings. The summed E-state index contributed by atoms with van der Waals surface area (Å²) in [6.45, 7) is 0. The maximum Gasteiger partial charge on any atom is 0.263 e. The predicted octanol–water partition coefficient (Wildman–Crippen LogP) is 2.36. The Morgan fingerprint density at radius 2 is 2.07 bits per heavy atom. The molecule has 0 aliphatic carbocycles. The molecule has 1 aromatic carbocycles. The normalized spacial score (nSPS) is 11.1. The molecule has 80 valence electrons. The Balaban J connectivity index is 3.73. The fraction of sp³-hybridized carbons (Fsp3) is 0.125. The summed E-state index contributed by atoms with van der Waals surface area (Å²) in [5.74, 6) is -1.17. The van der Waals surface area contributed by atoms with Crippen molar-refractivity contribution in [2.45, 2.75) is 10.8 Å². The first-order valence-electron chi connectivity index (χ1n) is 3.64. The molecule has 0 saturated carbocycles. The Hall–Kier alpha value is -0.830. The molecule has 0 saturated heterocycles. The van der Waals surface area contributed by atoms with E-state index in [4.69, 9.17) is 27.5 Å². The van der Waals surface area contributed by atoms with Crippen LogP contribution in [0.2, 0.25) is 0 Å². The number of hydrogen-bond donors (Lipinski definition) is 0. The Morgan fingerprint density at radius 1 is 1.47 bits per heavy atom. The highest BCUT2D eigenvalue weighted by atomic mass is 35.7. The Morgan fingerprint density at radius 3 is 2.47 bits per heavy atom. The number of nitrogens with zero attached hydrogens (tertiary/aromatic N) is 1. The van der Waals surface area contributed by atoms with Crippen molar-refractivity contribution in [2.24, 2.45) is 0 Å². The van der Waals surface area contributed by atoms with Crippen LogP contribution < -0.4 is 0 Å². The summed E-state index contributed by atoms with van der Waals surface area (Å²) in [5, 5.41) is 8.65. The second-order valence-corrected chi connectivity index (χ2v) is 5.36. The molecule has 0 aliphatic rings. The van der Waals surface area contributed by atoms with Gasteiger partial charge in [-0.3, -0.25) is 0 Å². The fourth-order valence-electron chi connectivity index (χ4n) is 1.09. The van der Waals surface area contributed by atoms with Crippen LogP contribution in [0.25, 0.3) is 0 Å². The molecule has 0 aromatic heterocycles. The quantitative estimate of drug-likeness (QED) is 0.611. The van der Waals surface area contributed by atoms with Crippen molar-refractivity contribution in [3.63, 3.8) is 0 Å². The van der Waals surface area contributed by atoms with Gasteiger partial charge in [-0.1, -0.05) is 0 Å². The lowest BCUT2D eigenvalue weighted by atomic mass is 10.1. The van der Waals surface area contributed by atoms with Gasteiger partial charge in [0.15, 0.2) is 0 Å². The molecule has 0 unspecified atom stereocenters. The average molecular weight is 268 g/mol. The molecule has 3 nitrogen and oxygen atoms in total. The lowest BCUT2D eigenvalue weighted by Crippen LogP contribution is -2.03. The molecular formula is C8H4Cl2FNO2S. The molecular weight excluding hydrogens is 264 g/mol. The zero-order valence-corrected chi connectivity index (χ0v) is 9.50. The van der Waals surface area contributed by atoms with Gasteiger partial charge in [-0.05, 0) is 12.1 Å². The number of alkyl halides is 1. The standard InChI is InChI=1S/C8H4Cl2FNO2S/c9-3-6-7(11)2-1-5(4-12)8(6)15(10,13)14/h1-2H,3H2. The van der Waals surface area contributed by atoms with E-state index in [1.807, 2.05) is 0 Å². The van der Waals surface area contributed by atoms with Gasteiger partial charge < -0.3 is 0 Å². The van der Waals surface area contributed by atoms with E-state index in [1.165, 1.54) is 0 Å². The van der Waals surface area contributed by atoms with Crippen LogP contribution >= 0.6 is 22.3 Å². The maximum absolute atomic E-state index is 13.2. The molecule has 0 radical (unpaired) electrons. The fourth-order valence-corrected chi connectivity index (χ4v) is 2.80. The van der Waals surface area contributed by atoms with E-state index in [-0.39, 0.29) is 17.0 Å². The van der Waals surface area contributed by atoms with Crippen LogP contribution in [0.3, 0.4) is 0 Å². The summed E-state index contributed by atoms with van der Waals surface area (Å²) in [6.07, 6.45) is 0. The highest BCUT2D eigenvalue weighted by molar-refractivity contribution is 8.13. The molecule has 0 fully saturated rings. The van der Waals surface area contributed by atoms with Crippen LogP contribution in [0, 0.1) is 17.1 Å². The van der Waals surface area contributed by atoms with E-state index in [2.05, 4.69) is 0 Å². The van der Waals surface area contributed by atoms with Gasteiger partial charge in [0.05, 0.1) is 11.4 Å². The lowest BCUT2D eigenvalue weighted by molar-refractivity contribution is 0.595. The van der Waals surface area contributed by atoms with E-state index in [0.717, 1.165) is 12.1 Å². The molecule has 0 aliphatic heterocycles. The van der Waals surface area contributed by atoms with Crippen molar-refractivity contribution in [2.75, 3.05) is 0 Å². The second-order valence-electron chi connectivity index (χ2n) is 2.59. The summed E-state index contributed by atoms with van der Waals surface area (Å²) < 4.78 is 35.4. The number of hydrogen-bond acceptors (Lipinski definition) is 3. The molecule has 0 amide bonds. The first-order chi connectivity index (χ1) is 6.91. The second kappa shape index (κ2) is 4.35. The summed E-state index contributed by atoms with van der Waals surface area (Å²) in [4.78, 5) is -0.554. The zero-order chi connectivity index (χ0) is 11.6. The van der Waals surface area contributed by atoms with Crippen molar-refractivity contribution >= 4 is 31.3 Å². The summed E-state index contributed by atoms with van der Waals surface area (Å²) in [6, 6.07) is 3.63. The number of benzene rings is 1. The van der Waals surface area contributed by atoms with Crippen molar-refractivity contribution in [1.29, 1.82) is 5.26 Å². The Bertz CT molecular complexity index is 536. The van der Waals surface area contributed by atoms with Gasteiger partial charge in [-0.25, -0.2) is 12.8 Å². The third-order valence-corrected chi connectivity index (χ3v) is 3.39. The molecule has 15 heavy (non-hydrogen) atoms. The largest absolute Gasteiger partial charge is 0.263 e. The van der Waals surface area contributed by atoms with Crippen LogP contribution in [0.15, 0.2) is 17.0 Å². The molecule has 7 heteroatoms. The molecule has 1 rings (SSSR count). The van der Waals surface area contributed by atoms with Crippen LogP contribution in [0.1, 0.15) is 11.1 Å². The average Bonchev–Trinajstić information content (AvgIpc) is 2.15. The van der Waals surface area contributed by atoms with Crippen LogP contribution in [-0.2, 0) is 14.9 Å².